The molecule has 0 saturated carbocycles. The molecule has 134 valence electrons. The summed E-state index contributed by atoms with van der Waals surface area (Å²) in [6.45, 7) is 5.56. The predicted octanol–water partition coefficient (Wildman–Crippen LogP) is 3.70. The average molecular weight is 340 g/mol. The molecule has 1 aliphatic carbocycles. The van der Waals surface area contributed by atoms with Crippen LogP contribution in [0.15, 0.2) is 30.6 Å². The SMILES string of the molecule is Cc1ccc2c(c1)[C@H](Nc1ncc(NCCCCCO)cn1)[C@@H](C)C2. The monoisotopic (exact) mass is 340 g/mol. The van der Waals surface area contributed by atoms with Crippen LogP contribution in [0, 0.1) is 12.8 Å². The Morgan fingerprint density at radius 1 is 1.16 bits per heavy atom. The van der Waals surface area contributed by atoms with Gasteiger partial charge in [-0.25, -0.2) is 9.97 Å². The van der Waals surface area contributed by atoms with Gasteiger partial charge in [0, 0.05) is 13.2 Å². The van der Waals surface area contributed by atoms with Crippen molar-refractivity contribution in [1.82, 2.24) is 9.97 Å². The number of unbranched alkanes of at least 4 members (excludes halogenated alkanes) is 2. The molecule has 0 bridgehead atoms. The first-order chi connectivity index (χ1) is 12.2. The molecule has 0 spiro atoms. The van der Waals surface area contributed by atoms with E-state index in [1.807, 2.05) is 12.4 Å². The normalized spacial score (nSPS) is 18.8. The minimum Gasteiger partial charge on any atom is -0.396 e. The van der Waals surface area contributed by atoms with E-state index in [1.165, 1.54) is 16.7 Å². The summed E-state index contributed by atoms with van der Waals surface area (Å²) in [5.41, 5.74) is 5.03. The summed E-state index contributed by atoms with van der Waals surface area (Å²) < 4.78 is 0. The zero-order valence-electron chi connectivity index (χ0n) is 15.1. The van der Waals surface area contributed by atoms with Crippen molar-refractivity contribution in [2.75, 3.05) is 23.8 Å². The molecule has 1 aromatic heterocycles. The lowest BCUT2D eigenvalue weighted by Gasteiger charge is -2.19. The Morgan fingerprint density at radius 2 is 1.96 bits per heavy atom. The van der Waals surface area contributed by atoms with Crippen LogP contribution in [0.5, 0.6) is 0 Å². The van der Waals surface area contributed by atoms with Crippen molar-refractivity contribution in [3.05, 3.63) is 47.3 Å². The van der Waals surface area contributed by atoms with Crippen LogP contribution in [0.2, 0.25) is 0 Å². The number of anilines is 2. The Balaban J connectivity index is 1.58. The minimum atomic E-state index is 0.270. The molecule has 0 amide bonds. The second-order valence-corrected chi connectivity index (χ2v) is 7.01. The highest BCUT2D eigenvalue weighted by Gasteiger charge is 2.29. The Kier molecular flexibility index (Phi) is 5.87. The first-order valence-corrected chi connectivity index (χ1v) is 9.20. The number of aliphatic hydroxyl groups is 1. The van der Waals surface area contributed by atoms with Crippen LogP contribution in [0.4, 0.5) is 11.6 Å². The molecule has 1 aliphatic rings. The van der Waals surface area contributed by atoms with E-state index in [1.54, 1.807) is 0 Å². The summed E-state index contributed by atoms with van der Waals surface area (Å²) in [6.07, 6.45) is 7.69. The Bertz CT molecular complexity index is 687. The van der Waals surface area contributed by atoms with Gasteiger partial charge in [0.25, 0.3) is 0 Å². The van der Waals surface area contributed by atoms with E-state index in [4.69, 9.17) is 5.11 Å². The lowest BCUT2D eigenvalue weighted by atomic mass is 10.0. The number of rotatable bonds is 8. The molecule has 3 N–H and O–H groups in total. The fourth-order valence-electron chi connectivity index (χ4n) is 3.46. The first-order valence-electron chi connectivity index (χ1n) is 9.20. The van der Waals surface area contributed by atoms with Crippen molar-refractivity contribution in [3.8, 4) is 0 Å². The summed E-state index contributed by atoms with van der Waals surface area (Å²) in [5, 5.41) is 15.6. The van der Waals surface area contributed by atoms with Crippen molar-refractivity contribution in [2.24, 2.45) is 5.92 Å². The van der Waals surface area contributed by atoms with Gasteiger partial charge >= 0.3 is 0 Å². The molecule has 0 saturated heterocycles. The molecule has 5 heteroatoms. The van der Waals surface area contributed by atoms with E-state index in [9.17, 15) is 0 Å². The number of aliphatic hydroxyl groups excluding tert-OH is 1. The summed E-state index contributed by atoms with van der Waals surface area (Å²) >= 11 is 0. The van der Waals surface area contributed by atoms with Crippen molar-refractivity contribution in [1.29, 1.82) is 0 Å². The summed E-state index contributed by atoms with van der Waals surface area (Å²) in [6, 6.07) is 6.98. The standard InChI is InChI=1S/C20H28N4O/c1-14-6-7-16-11-15(2)19(18(16)10-14)24-20-22-12-17(13-23-20)21-8-4-3-5-9-25/h6-7,10,12-13,15,19,21,25H,3-5,8-9,11H2,1-2H3,(H,22,23,24)/t15-,19+/m0/s1. The summed E-state index contributed by atoms with van der Waals surface area (Å²) in [4.78, 5) is 8.92. The average Bonchev–Trinajstić information content (AvgIpc) is 2.91. The van der Waals surface area contributed by atoms with Gasteiger partial charge in [0.15, 0.2) is 0 Å². The molecule has 3 rings (SSSR count). The molecule has 0 aliphatic heterocycles. The minimum absolute atomic E-state index is 0.270. The van der Waals surface area contributed by atoms with Gasteiger partial charge in [-0.05, 0) is 49.7 Å². The van der Waals surface area contributed by atoms with Gasteiger partial charge in [0.2, 0.25) is 5.95 Å². The molecule has 25 heavy (non-hydrogen) atoms. The molecule has 0 unspecified atom stereocenters. The molecular formula is C20H28N4O. The van der Waals surface area contributed by atoms with E-state index in [0.29, 0.717) is 11.9 Å². The second-order valence-electron chi connectivity index (χ2n) is 7.01. The van der Waals surface area contributed by atoms with Crippen LogP contribution in [0.25, 0.3) is 0 Å². The third-order valence-corrected chi connectivity index (χ3v) is 4.85. The van der Waals surface area contributed by atoms with Gasteiger partial charge in [-0.3, -0.25) is 0 Å². The van der Waals surface area contributed by atoms with Crippen LogP contribution < -0.4 is 10.6 Å². The predicted molar refractivity (Wildman–Crippen MR) is 102 cm³/mol. The Labute approximate surface area is 149 Å². The Morgan fingerprint density at radius 3 is 2.72 bits per heavy atom. The maximum atomic E-state index is 8.78. The number of nitrogens with one attached hydrogen (secondary N) is 2. The van der Waals surface area contributed by atoms with Gasteiger partial charge in [-0.2, -0.15) is 0 Å². The highest BCUT2D eigenvalue weighted by molar-refractivity contribution is 5.45. The fourth-order valence-corrected chi connectivity index (χ4v) is 3.46. The van der Waals surface area contributed by atoms with Gasteiger partial charge in [-0.15, -0.1) is 0 Å². The van der Waals surface area contributed by atoms with E-state index in [2.05, 4.69) is 52.6 Å². The molecule has 5 nitrogen and oxygen atoms in total. The maximum absolute atomic E-state index is 8.78. The molecule has 0 fully saturated rings. The highest BCUT2D eigenvalue weighted by atomic mass is 16.2. The van der Waals surface area contributed by atoms with Crippen LogP contribution in [0.3, 0.4) is 0 Å². The van der Waals surface area contributed by atoms with Crippen LogP contribution >= 0.6 is 0 Å². The largest absolute Gasteiger partial charge is 0.396 e. The first kappa shape index (κ1) is 17.7. The lowest BCUT2D eigenvalue weighted by Crippen LogP contribution is -2.16. The maximum Gasteiger partial charge on any atom is 0.223 e. The Hall–Kier alpha value is -2.14. The third kappa shape index (κ3) is 4.48. The second kappa shape index (κ2) is 8.30. The van der Waals surface area contributed by atoms with Gasteiger partial charge in [0.05, 0.1) is 24.1 Å². The van der Waals surface area contributed by atoms with Crippen molar-refractivity contribution in [3.63, 3.8) is 0 Å². The van der Waals surface area contributed by atoms with Gasteiger partial charge < -0.3 is 15.7 Å². The van der Waals surface area contributed by atoms with E-state index in [0.717, 1.165) is 37.9 Å². The van der Waals surface area contributed by atoms with E-state index < -0.39 is 0 Å². The van der Waals surface area contributed by atoms with E-state index in [-0.39, 0.29) is 12.6 Å². The zero-order valence-corrected chi connectivity index (χ0v) is 15.1. The number of nitrogens with zero attached hydrogens (tertiary/aromatic N) is 2. The topological polar surface area (TPSA) is 70.1 Å². The van der Waals surface area contributed by atoms with Crippen molar-refractivity contribution >= 4 is 11.6 Å². The highest BCUT2D eigenvalue weighted by Crippen LogP contribution is 2.38. The van der Waals surface area contributed by atoms with Gasteiger partial charge in [-0.1, -0.05) is 30.7 Å². The molecule has 2 atom stereocenters. The van der Waals surface area contributed by atoms with Crippen molar-refractivity contribution in [2.45, 2.75) is 45.6 Å². The number of fused-ring (bicyclic) bond motifs is 1. The van der Waals surface area contributed by atoms with Crippen LogP contribution in [-0.2, 0) is 6.42 Å². The number of benzene rings is 1. The summed E-state index contributed by atoms with van der Waals surface area (Å²) in [7, 11) is 0. The quantitative estimate of drug-likeness (QED) is 0.639. The number of aryl methyl sites for hydroxylation is 1. The van der Waals surface area contributed by atoms with Crippen molar-refractivity contribution < 1.29 is 5.11 Å². The molecule has 1 heterocycles. The molecule has 0 radical (unpaired) electrons. The smallest absolute Gasteiger partial charge is 0.223 e. The number of aromatic nitrogens is 2. The molecular weight excluding hydrogens is 312 g/mol. The third-order valence-electron chi connectivity index (χ3n) is 4.85. The summed E-state index contributed by atoms with van der Waals surface area (Å²) in [5.74, 6) is 1.21. The lowest BCUT2D eigenvalue weighted by molar-refractivity contribution is 0.283. The van der Waals surface area contributed by atoms with Gasteiger partial charge in [0.1, 0.15) is 0 Å². The van der Waals surface area contributed by atoms with E-state index >= 15 is 0 Å². The molecule has 1 aromatic carbocycles. The van der Waals surface area contributed by atoms with Crippen LogP contribution in [-0.4, -0.2) is 28.2 Å². The fraction of sp³-hybridized carbons (Fsp3) is 0.500. The molecule has 2 aromatic rings. The zero-order chi connectivity index (χ0) is 17.6. The number of hydrogen-bond donors (Lipinski definition) is 3. The number of hydrogen-bond acceptors (Lipinski definition) is 5. The van der Waals surface area contributed by atoms with Crippen LogP contribution in [0.1, 0.15) is 48.9 Å².